The highest BCUT2D eigenvalue weighted by Crippen LogP contribution is 2.17. The number of hydrogen-bond donors (Lipinski definition) is 1. The highest BCUT2D eigenvalue weighted by Gasteiger charge is 2.23. The Hall–Kier alpha value is -1.53. The van der Waals surface area contributed by atoms with E-state index in [0.717, 1.165) is 32.5 Å². The number of carbonyl (C=O) groups is 1. The third-order valence-electron chi connectivity index (χ3n) is 4.05. The molecule has 1 aromatic rings. The van der Waals surface area contributed by atoms with E-state index >= 15 is 0 Å². The zero-order valence-corrected chi connectivity index (χ0v) is 12.1. The van der Waals surface area contributed by atoms with Crippen LogP contribution < -0.4 is 0 Å². The van der Waals surface area contributed by atoms with Gasteiger partial charge in [0.25, 0.3) is 0 Å². The van der Waals surface area contributed by atoms with E-state index in [1.54, 1.807) is 0 Å². The molecule has 1 fully saturated rings. The van der Waals surface area contributed by atoms with Crippen molar-refractivity contribution in [2.45, 2.75) is 32.4 Å². The van der Waals surface area contributed by atoms with E-state index in [1.807, 2.05) is 7.05 Å². The van der Waals surface area contributed by atoms with Crippen molar-refractivity contribution in [2.24, 2.45) is 0 Å². The minimum absolute atomic E-state index is 0.199. The molecule has 1 aliphatic rings. The number of piperidine rings is 1. The van der Waals surface area contributed by atoms with Crippen molar-refractivity contribution >= 4 is 5.97 Å². The summed E-state index contributed by atoms with van der Waals surface area (Å²) in [5, 5.41) is 9.15. The zero-order chi connectivity index (χ0) is 14.5. The van der Waals surface area contributed by atoms with E-state index in [4.69, 9.17) is 5.11 Å². The number of hydrogen-bond acceptors (Lipinski definition) is 5. The molecule has 6 heteroatoms. The number of nitrogens with zero attached hydrogens (tertiary/aromatic N) is 4. The lowest BCUT2D eigenvalue weighted by molar-refractivity contribution is 0.0691. The van der Waals surface area contributed by atoms with E-state index in [1.165, 1.54) is 12.5 Å². The Bertz CT molecular complexity index is 458. The Morgan fingerprint density at radius 1 is 1.50 bits per heavy atom. The van der Waals surface area contributed by atoms with Crippen LogP contribution in [0.5, 0.6) is 0 Å². The molecular weight excluding hydrogens is 256 g/mol. The quantitative estimate of drug-likeness (QED) is 0.869. The molecule has 0 amide bonds. The van der Waals surface area contributed by atoms with Crippen molar-refractivity contribution < 1.29 is 9.90 Å². The summed E-state index contributed by atoms with van der Waals surface area (Å²) in [6, 6.07) is 0.495. The molecule has 0 aromatic carbocycles. The molecule has 20 heavy (non-hydrogen) atoms. The minimum atomic E-state index is -0.963. The fourth-order valence-electron chi connectivity index (χ4n) is 2.70. The van der Waals surface area contributed by atoms with E-state index in [2.05, 4.69) is 26.7 Å². The second-order valence-electron chi connectivity index (χ2n) is 5.27. The molecule has 0 spiro atoms. The van der Waals surface area contributed by atoms with E-state index < -0.39 is 5.97 Å². The molecule has 0 unspecified atom stereocenters. The summed E-state index contributed by atoms with van der Waals surface area (Å²) >= 11 is 0. The van der Waals surface area contributed by atoms with Gasteiger partial charge in [-0.25, -0.2) is 14.8 Å². The van der Waals surface area contributed by atoms with Crippen molar-refractivity contribution in [1.82, 2.24) is 19.8 Å². The largest absolute Gasteiger partial charge is 0.478 e. The van der Waals surface area contributed by atoms with E-state index in [9.17, 15) is 4.79 Å². The van der Waals surface area contributed by atoms with Crippen LogP contribution >= 0.6 is 0 Å². The summed E-state index contributed by atoms with van der Waals surface area (Å²) in [5.41, 5.74) is 0.790. The first kappa shape index (κ1) is 14.9. The summed E-state index contributed by atoms with van der Waals surface area (Å²) in [6.07, 6.45) is 5.03. The first-order valence-electron chi connectivity index (χ1n) is 7.06. The second kappa shape index (κ2) is 6.76. The van der Waals surface area contributed by atoms with Gasteiger partial charge in [0.2, 0.25) is 0 Å². The molecular formula is C14H22N4O2. The second-order valence-corrected chi connectivity index (χ2v) is 5.27. The maximum atomic E-state index is 11.2. The van der Waals surface area contributed by atoms with E-state index in [0.29, 0.717) is 18.3 Å². The van der Waals surface area contributed by atoms with Gasteiger partial charge >= 0.3 is 5.97 Å². The van der Waals surface area contributed by atoms with Gasteiger partial charge in [-0.2, -0.15) is 0 Å². The zero-order valence-electron chi connectivity index (χ0n) is 12.1. The maximum Gasteiger partial charge on any atom is 0.339 e. The van der Waals surface area contributed by atoms with Gasteiger partial charge in [-0.3, -0.25) is 4.90 Å². The number of rotatable bonds is 5. The SMILES string of the molecule is CCN1CCC(N(C)Cc2ncncc2C(=O)O)CC1. The van der Waals surface area contributed by atoms with Crippen LogP contribution in [-0.4, -0.2) is 63.6 Å². The Balaban J connectivity index is 1.98. The standard InChI is InChI=1S/C14H22N4O2/c1-3-18-6-4-11(5-7-18)17(2)9-13-12(14(19)20)8-15-10-16-13/h8,10-11H,3-7,9H2,1-2H3,(H,19,20). The van der Waals surface area contributed by atoms with Crippen molar-refractivity contribution in [3.05, 3.63) is 23.8 Å². The molecule has 2 heterocycles. The predicted molar refractivity (Wildman–Crippen MR) is 75.6 cm³/mol. The lowest BCUT2D eigenvalue weighted by Gasteiger charge is -2.36. The van der Waals surface area contributed by atoms with Crippen LogP contribution in [-0.2, 0) is 6.54 Å². The topological polar surface area (TPSA) is 69.6 Å². The summed E-state index contributed by atoms with van der Waals surface area (Å²) < 4.78 is 0. The number of carboxylic acids is 1. The van der Waals surface area contributed by atoms with Crippen molar-refractivity contribution in [1.29, 1.82) is 0 Å². The van der Waals surface area contributed by atoms with Crippen LogP contribution in [0, 0.1) is 0 Å². The van der Waals surface area contributed by atoms with Crippen molar-refractivity contribution in [2.75, 3.05) is 26.7 Å². The summed E-state index contributed by atoms with van der Waals surface area (Å²) in [5.74, 6) is -0.963. The Morgan fingerprint density at radius 2 is 2.20 bits per heavy atom. The summed E-state index contributed by atoms with van der Waals surface area (Å²) in [7, 11) is 2.04. The van der Waals surface area contributed by atoms with Gasteiger partial charge in [-0.1, -0.05) is 6.92 Å². The van der Waals surface area contributed by atoms with Crippen LogP contribution in [0.3, 0.4) is 0 Å². The highest BCUT2D eigenvalue weighted by atomic mass is 16.4. The molecule has 1 aliphatic heterocycles. The highest BCUT2D eigenvalue weighted by molar-refractivity contribution is 5.88. The van der Waals surface area contributed by atoms with Crippen LogP contribution in [0.25, 0.3) is 0 Å². The molecule has 1 N–H and O–H groups in total. The maximum absolute atomic E-state index is 11.2. The van der Waals surface area contributed by atoms with Gasteiger partial charge in [0.1, 0.15) is 11.9 Å². The molecule has 110 valence electrons. The normalized spacial score (nSPS) is 17.6. The van der Waals surface area contributed by atoms with Crippen molar-refractivity contribution in [3.8, 4) is 0 Å². The monoisotopic (exact) mass is 278 g/mol. The third kappa shape index (κ3) is 3.52. The smallest absolute Gasteiger partial charge is 0.339 e. The average Bonchev–Trinajstić information content (AvgIpc) is 2.47. The summed E-state index contributed by atoms with van der Waals surface area (Å²) in [6.45, 7) is 6.07. The molecule has 0 bridgehead atoms. The molecule has 2 rings (SSSR count). The molecule has 0 aliphatic carbocycles. The van der Waals surface area contributed by atoms with Gasteiger partial charge in [-0.15, -0.1) is 0 Å². The molecule has 6 nitrogen and oxygen atoms in total. The van der Waals surface area contributed by atoms with Crippen LogP contribution in [0.1, 0.15) is 35.8 Å². The number of carboxylic acid groups (broad SMARTS) is 1. The van der Waals surface area contributed by atoms with Crippen LogP contribution in [0.4, 0.5) is 0 Å². The van der Waals surface area contributed by atoms with Gasteiger partial charge in [0, 0.05) is 18.8 Å². The molecule has 1 aromatic heterocycles. The first-order valence-corrected chi connectivity index (χ1v) is 7.06. The van der Waals surface area contributed by atoms with Gasteiger partial charge in [-0.05, 0) is 39.5 Å². The fourth-order valence-corrected chi connectivity index (χ4v) is 2.70. The Kier molecular flexibility index (Phi) is 5.03. The molecule has 1 saturated heterocycles. The van der Waals surface area contributed by atoms with Crippen LogP contribution in [0.15, 0.2) is 12.5 Å². The Labute approximate surface area is 119 Å². The van der Waals surface area contributed by atoms with Gasteiger partial charge < -0.3 is 10.0 Å². The van der Waals surface area contributed by atoms with E-state index in [-0.39, 0.29) is 5.56 Å². The predicted octanol–water partition coefficient (Wildman–Crippen LogP) is 1.09. The lowest BCUT2D eigenvalue weighted by atomic mass is 10.0. The lowest BCUT2D eigenvalue weighted by Crippen LogP contribution is -2.43. The number of aromatic carboxylic acids is 1. The third-order valence-corrected chi connectivity index (χ3v) is 4.05. The molecule has 0 saturated carbocycles. The minimum Gasteiger partial charge on any atom is -0.478 e. The van der Waals surface area contributed by atoms with Crippen LogP contribution in [0.2, 0.25) is 0 Å². The molecule has 0 radical (unpaired) electrons. The average molecular weight is 278 g/mol. The first-order chi connectivity index (χ1) is 9.61. The summed E-state index contributed by atoms with van der Waals surface area (Å²) in [4.78, 5) is 23.7. The Morgan fingerprint density at radius 3 is 2.80 bits per heavy atom. The van der Waals surface area contributed by atoms with Crippen molar-refractivity contribution in [3.63, 3.8) is 0 Å². The van der Waals surface area contributed by atoms with Gasteiger partial charge in [0.05, 0.1) is 5.69 Å². The van der Waals surface area contributed by atoms with Gasteiger partial charge in [0.15, 0.2) is 0 Å². The fraction of sp³-hybridized carbons (Fsp3) is 0.643. The number of likely N-dealkylation sites (tertiary alicyclic amines) is 1. The number of aromatic nitrogens is 2. The molecule has 0 atom stereocenters.